The second-order valence-corrected chi connectivity index (χ2v) is 6.91. The summed E-state index contributed by atoms with van der Waals surface area (Å²) in [5, 5.41) is 12.4. The van der Waals surface area contributed by atoms with Crippen LogP contribution in [0, 0.1) is 13.8 Å². The van der Waals surface area contributed by atoms with E-state index in [1.54, 1.807) is 13.8 Å². The van der Waals surface area contributed by atoms with E-state index in [9.17, 15) is 13.2 Å². The monoisotopic (exact) mass is 272 g/mol. The van der Waals surface area contributed by atoms with Crippen molar-refractivity contribution in [1.29, 1.82) is 0 Å². The predicted molar refractivity (Wildman–Crippen MR) is 65.1 cm³/mol. The third-order valence-electron chi connectivity index (χ3n) is 3.37. The predicted octanol–water partition coefficient (Wildman–Crippen LogP) is 0.834. The van der Waals surface area contributed by atoms with Gasteiger partial charge in [-0.3, -0.25) is 9.48 Å². The van der Waals surface area contributed by atoms with E-state index in [-0.39, 0.29) is 12.2 Å². The average molecular weight is 272 g/mol. The van der Waals surface area contributed by atoms with Crippen LogP contribution in [0.3, 0.4) is 0 Å². The van der Waals surface area contributed by atoms with Gasteiger partial charge in [-0.1, -0.05) is 0 Å². The summed E-state index contributed by atoms with van der Waals surface area (Å²) in [7, 11) is -3.14. The standard InChI is InChI=1S/C11H16N2O4S/c1-7-9(6-11(14)15)8(2)13(12-7)10-4-3-5-18(10,16)17/h10H,3-6H2,1-2H3,(H,14,15). The molecule has 1 aliphatic heterocycles. The molecule has 0 spiro atoms. The summed E-state index contributed by atoms with van der Waals surface area (Å²) in [6, 6.07) is 0. The lowest BCUT2D eigenvalue weighted by Crippen LogP contribution is -2.18. The highest BCUT2D eigenvalue weighted by Crippen LogP contribution is 2.31. The normalized spacial score (nSPS) is 22.2. The van der Waals surface area contributed by atoms with Crippen molar-refractivity contribution in [3.8, 4) is 0 Å². The Bertz CT molecular complexity index is 588. The fourth-order valence-corrected chi connectivity index (χ4v) is 4.31. The number of carboxylic acid groups (broad SMARTS) is 1. The molecule has 0 aliphatic carbocycles. The minimum Gasteiger partial charge on any atom is -0.481 e. The third-order valence-corrected chi connectivity index (χ3v) is 5.49. The maximum absolute atomic E-state index is 11.9. The van der Waals surface area contributed by atoms with Crippen molar-refractivity contribution in [3.05, 3.63) is 17.0 Å². The van der Waals surface area contributed by atoms with Gasteiger partial charge in [-0.15, -0.1) is 0 Å². The van der Waals surface area contributed by atoms with Gasteiger partial charge in [-0.25, -0.2) is 8.42 Å². The molecule has 1 unspecified atom stereocenters. The first-order valence-electron chi connectivity index (χ1n) is 5.81. The van der Waals surface area contributed by atoms with Gasteiger partial charge in [0.25, 0.3) is 0 Å². The molecule has 2 heterocycles. The Kier molecular flexibility index (Phi) is 3.18. The van der Waals surface area contributed by atoms with E-state index in [4.69, 9.17) is 5.11 Å². The minimum absolute atomic E-state index is 0.121. The Labute approximate surface area is 106 Å². The number of sulfone groups is 1. The Hall–Kier alpha value is -1.37. The largest absolute Gasteiger partial charge is 0.481 e. The smallest absolute Gasteiger partial charge is 0.307 e. The third kappa shape index (κ3) is 2.14. The number of aliphatic carboxylic acids is 1. The summed E-state index contributed by atoms with van der Waals surface area (Å²) in [4.78, 5) is 10.8. The Morgan fingerprint density at radius 2 is 2.17 bits per heavy atom. The summed E-state index contributed by atoms with van der Waals surface area (Å²) < 4.78 is 25.2. The summed E-state index contributed by atoms with van der Waals surface area (Å²) in [5.74, 6) is -0.750. The highest BCUT2D eigenvalue weighted by atomic mass is 32.2. The first kappa shape index (κ1) is 13.1. The van der Waals surface area contributed by atoms with E-state index >= 15 is 0 Å². The molecule has 0 amide bonds. The molecule has 1 atom stereocenters. The second-order valence-electron chi connectivity index (χ2n) is 4.63. The number of nitrogens with zero attached hydrogens (tertiary/aromatic N) is 2. The Balaban J connectivity index is 2.44. The molecule has 18 heavy (non-hydrogen) atoms. The van der Waals surface area contributed by atoms with Crippen LogP contribution in [0.5, 0.6) is 0 Å². The minimum atomic E-state index is -3.14. The molecule has 7 heteroatoms. The fourth-order valence-electron chi connectivity index (χ4n) is 2.43. The molecule has 0 bridgehead atoms. The summed E-state index contributed by atoms with van der Waals surface area (Å²) in [6.07, 6.45) is 1.07. The molecule has 1 aromatic rings. The Morgan fingerprint density at radius 3 is 2.67 bits per heavy atom. The highest BCUT2D eigenvalue weighted by molar-refractivity contribution is 7.91. The number of rotatable bonds is 3. The van der Waals surface area contributed by atoms with Crippen molar-refractivity contribution >= 4 is 15.8 Å². The highest BCUT2D eigenvalue weighted by Gasteiger charge is 2.35. The molecule has 0 aromatic carbocycles. The van der Waals surface area contributed by atoms with Gasteiger partial charge < -0.3 is 5.11 Å². The van der Waals surface area contributed by atoms with Crippen molar-refractivity contribution in [3.63, 3.8) is 0 Å². The molecule has 1 aliphatic rings. The van der Waals surface area contributed by atoms with Crippen molar-refractivity contribution in [2.24, 2.45) is 0 Å². The molecule has 2 rings (SSSR count). The molecule has 1 aromatic heterocycles. The van der Waals surface area contributed by atoms with Crippen LogP contribution >= 0.6 is 0 Å². The number of aryl methyl sites for hydroxylation is 1. The number of hydrogen-bond donors (Lipinski definition) is 1. The van der Waals surface area contributed by atoms with E-state index in [0.29, 0.717) is 29.8 Å². The van der Waals surface area contributed by atoms with Gasteiger partial charge in [-0.2, -0.15) is 5.10 Å². The molecular weight excluding hydrogens is 256 g/mol. The lowest BCUT2D eigenvalue weighted by molar-refractivity contribution is -0.136. The molecule has 1 N–H and O–H groups in total. The van der Waals surface area contributed by atoms with E-state index in [1.165, 1.54) is 4.68 Å². The van der Waals surface area contributed by atoms with Crippen LogP contribution in [0.15, 0.2) is 0 Å². The van der Waals surface area contributed by atoms with Gasteiger partial charge in [0.1, 0.15) is 0 Å². The number of carbonyl (C=O) groups is 1. The first-order chi connectivity index (χ1) is 8.33. The fraction of sp³-hybridized carbons (Fsp3) is 0.636. The topological polar surface area (TPSA) is 89.3 Å². The van der Waals surface area contributed by atoms with Crippen LogP contribution in [0.1, 0.15) is 35.2 Å². The van der Waals surface area contributed by atoms with Crippen LogP contribution in [-0.2, 0) is 21.1 Å². The number of carboxylic acids is 1. The molecule has 1 fully saturated rings. The molecule has 0 saturated carbocycles. The Morgan fingerprint density at radius 1 is 1.50 bits per heavy atom. The second kappa shape index (κ2) is 4.38. The lowest BCUT2D eigenvalue weighted by Gasteiger charge is -2.12. The molecule has 6 nitrogen and oxygen atoms in total. The van der Waals surface area contributed by atoms with Crippen LogP contribution < -0.4 is 0 Å². The zero-order chi connectivity index (χ0) is 13.5. The van der Waals surface area contributed by atoms with Crippen LogP contribution in [0.2, 0.25) is 0 Å². The van der Waals surface area contributed by atoms with Gasteiger partial charge >= 0.3 is 5.97 Å². The van der Waals surface area contributed by atoms with E-state index in [0.717, 1.165) is 0 Å². The SMILES string of the molecule is Cc1nn(C2CCCS2(=O)=O)c(C)c1CC(=O)O. The quantitative estimate of drug-likeness (QED) is 0.880. The maximum Gasteiger partial charge on any atom is 0.307 e. The molecule has 0 radical (unpaired) electrons. The van der Waals surface area contributed by atoms with Gasteiger partial charge in [0, 0.05) is 11.3 Å². The zero-order valence-corrected chi connectivity index (χ0v) is 11.2. The van der Waals surface area contributed by atoms with Gasteiger partial charge in [-0.05, 0) is 26.7 Å². The maximum atomic E-state index is 11.9. The van der Waals surface area contributed by atoms with Crippen molar-refractivity contribution in [2.75, 3.05) is 5.75 Å². The van der Waals surface area contributed by atoms with Crippen molar-refractivity contribution < 1.29 is 18.3 Å². The van der Waals surface area contributed by atoms with Crippen LogP contribution in [0.4, 0.5) is 0 Å². The zero-order valence-electron chi connectivity index (χ0n) is 10.4. The summed E-state index contributed by atoms with van der Waals surface area (Å²) in [6.45, 7) is 3.44. The average Bonchev–Trinajstić information content (AvgIpc) is 2.71. The number of aromatic nitrogens is 2. The first-order valence-corrected chi connectivity index (χ1v) is 7.52. The van der Waals surface area contributed by atoms with E-state index in [2.05, 4.69) is 5.10 Å². The van der Waals surface area contributed by atoms with Crippen LogP contribution in [-0.4, -0.2) is 35.0 Å². The van der Waals surface area contributed by atoms with Crippen LogP contribution in [0.25, 0.3) is 0 Å². The summed E-state index contributed by atoms with van der Waals surface area (Å²) >= 11 is 0. The lowest BCUT2D eigenvalue weighted by atomic mass is 10.1. The molecule has 1 saturated heterocycles. The molecular formula is C11H16N2O4S. The van der Waals surface area contributed by atoms with Crippen molar-refractivity contribution in [2.45, 2.75) is 38.5 Å². The van der Waals surface area contributed by atoms with Gasteiger partial charge in [0.05, 0.1) is 17.9 Å². The number of hydrogen-bond acceptors (Lipinski definition) is 4. The van der Waals surface area contributed by atoms with Gasteiger partial charge in [0.15, 0.2) is 15.2 Å². The molecule has 100 valence electrons. The van der Waals surface area contributed by atoms with E-state index < -0.39 is 21.2 Å². The van der Waals surface area contributed by atoms with Crippen molar-refractivity contribution in [1.82, 2.24) is 9.78 Å². The summed E-state index contributed by atoms with van der Waals surface area (Å²) in [5.41, 5.74) is 1.85. The van der Waals surface area contributed by atoms with E-state index in [1.807, 2.05) is 0 Å². The van der Waals surface area contributed by atoms with Gasteiger partial charge in [0.2, 0.25) is 0 Å².